The van der Waals surface area contributed by atoms with Crippen LogP contribution in [0.2, 0.25) is 0 Å². The number of ether oxygens (including phenoxy) is 1. The number of esters is 1. The molecule has 3 heterocycles. The molecule has 0 spiro atoms. The van der Waals surface area contributed by atoms with Gasteiger partial charge in [-0.25, -0.2) is 9.18 Å². The molecular weight excluding hydrogens is 307 g/mol. The monoisotopic (exact) mass is 322 g/mol. The number of aromatic nitrogens is 2. The fourth-order valence-electron chi connectivity index (χ4n) is 3.18. The molecule has 0 fully saturated rings. The van der Waals surface area contributed by atoms with Gasteiger partial charge >= 0.3 is 5.97 Å². The molecule has 3 aromatic rings. The first-order chi connectivity index (χ1) is 11.6. The highest BCUT2D eigenvalue weighted by Crippen LogP contribution is 2.39. The molecule has 0 amide bonds. The van der Waals surface area contributed by atoms with E-state index >= 15 is 0 Å². The number of carbonyl (C=O) groups is 1. The van der Waals surface area contributed by atoms with Crippen molar-refractivity contribution in [3.63, 3.8) is 0 Å². The molecule has 0 saturated heterocycles. The molecule has 0 atom stereocenters. The number of halogens is 1. The Morgan fingerprint density at radius 2 is 1.88 bits per heavy atom. The number of rotatable bonds is 2. The summed E-state index contributed by atoms with van der Waals surface area (Å²) in [4.78, 5) is 16.4. The van der Waals surface area contributed by atoms with Crippen molar-refractivity contribution >= 4 is 5.97 Å². The van der Waals surface area contributed by atoms with Crippen molar-refractivity contribution in [1.29, 1.82) is 0 Å². The van der Waals surface area contributed by atoms with Crippen molar-refractivity contribution < 1.29 is 13.9 Å². The minimum absolute atomic E-state index is 0.208. The zero-order valence-electron chi connectivity index (χ0n) is 13.3. The summed E-state index contributed by atoms with van der Waals surface area (Å²) < 4.78 is 20.4. The Kier molecular flexibility index (Phi) is 3.23. The van der Waals surface area contributed by atoms with Crippen LogP contribution in [0.25, 0.3) is 22.3 Å². The van der Waals surface area contributed by atoms with Crippen LogP contribution in [0.5, 0.6) is 0 Å². The summed E-state index contributed by atoms with van der Waals surface area (Å²) in [5, 5.41) is 0. The molecule has 24 heavy (non-hydrogen) atoms. The van der Waals surface area contributed by atoms with Gasteiger partial charge in [0.15, 0.2) is 0 Å². The Balaban J connectivity index is 1.99. The lowest BCUT2D eigenvalue weighted by Gasteiger charge is -2.09. The number of cyclic esters (lactones) is 1. The minimum Gasteiger partial charge on any atom is -0.455 e. The first-order valence-corrected chi connectivity index (χ1v) is 7.63. The van der Waals surface area contributed by atoms with E-state index in [-0.39, 0.29) is 18.4 Å². The van der Waals surface area contributed by atoms with Crippen molar-refractivity contribution in [2.45, 2.75) is 13.5 Å². The molecule has 4 rings (SSSR count). The van der Waals surface area contributed by atoms with Gasteiger partial charge in [0, 0.05) is 41.8 Å². The highest BCUT2D eigenvalue weighted by Gasteiger charge is 2.28. The zero-order valence-corrected chi connectivity index (χ0v) is 13.3. The molecule has 0 saturated carbocycles. The van der Waals surface area contributed by atoms with E-state index in [1.807, 2.05) is 30.8 Å². The average molecular weight is 322 g/mol. The summed E-state index contributed by atoms with van der Waals surface area (Å²) in [7, 11) is 1.95. The maximum atomic E-state index is 13.3. The summed E-state index contributed by atoms with van der Waals surface area (Å²) in [5.41, 5.74) is 5.81. The molecular formula is C19H15FN2O2. The third-order valence-electron chi connectivity index (χ3n) is 4.48. The van der Waals surface area contributed by atoms with Crippen molar-refractivity contribution in [1.82, 2.24) is 9.55 Å². The van der Waals surface area contributed by atoms with Gasteiger partial charge in [-0.05, 0) is 30.7 Å². The normalized spacial score (nSPS) is 13.0. The maximum Gasteiger partial charge on any atom is 0.341 e. The quantitative estimate of drug-likeness (QED) is 0.673. The van der Waals surface area contributed by atoms with E-state index in [0.29, 0.717) is 11.3 Å². The number of pyridine rings is 1. The Bertz CT molecular complexity index is 958. The van der Waals surface area contributed by atoms with Crippen molar-refractivity contribution in [2.24, 2.45) is 7.05 Å². The van der Waals surface area contributed by atoms with Crippen LogP contribution in [0.15, 0.2) is 42.7 Å². The number of nitrogens with zero attached hydrogens (tertiary/aromatic N) is 2. The van der Waals surface area contributed by atoms with Crippen LogP contribution < -0.4 is 0 Å². The van der Waals surface area contributed by atoms with Crippen LogP contribution in [0.4, 0.5) is 4.39 Å². The second kappa shape index (κ2) is 5.30. The summed E-state index contributed by atoms with van der Waals surface area (Å²) >= 11 is 0. The van der Waals surface area contributed by atoms with E-state index in [1.165, 1.54) is 12.1 Å². The average Bonchev–Trinajstić information content (AvgIpc) is 3.10. The molecule has 0 unspecified atom stereocenters. The number of hydrogen-bond donors (Lipinski definition) is 0. The third-order valence-corrected chi connectivity index (χ3v) is 4.48. The Morgan fingerprint density at radius 1 is 1.12 bits per heavy atom. The van der Waals surface area contributed by atoms with Crippen molar-refractivity contribution in [3.05, 3.63) is 65.5 Å². The van der Waals surface area contributed by atoms with Gasteiger partial charge in [0.25, 0.3) is 0 Å². The van der Waals surface area contributed by atoms with Crippen LogP contribution in [0.3, 0.4) is 0 Å². The predicted molar refractivity (Wildman–Crippen MR) is 87.9 cm³/mol. The number of carbonyl (C=O) groups excluding carboxylic acids is 1. The minimum atomic E-state index is -0.348. The molecule has 4 nitrogen and oxygen atoms in total. The second-order valence-electron chi connectivity index (χ2n) is 5.88. The molecule has 5 heteroatoms. The Morgan fingerprint density at radius 3 is 2.62 bits per heavy atom. The van der Waals surface area contributed by atoms with Gasteiger partial charge in [0.2, 0.25) is 0 Å². The maximum absolute atomic E-state index is 13.3. The van der Waals surface area contributed by atoms with Gasteiger partial charge in [0.05, 0.1) is 11.3 Å². The van der Waals surface area contributed by atoms with Gasteiger partial charge in [-0.2, -0.15) is 0 Å². The van der Waals surface area contributed by atoms with Crippen molar-refractivity contribution in [2.75, 3.05) is 0 Å². The molecule has 2 aromatic heterocycles. The highest BCUT2D eigenvalue weighted by molar-refractivity contribution is 6.02. The first kappa shape index (κ1) is 14.6. The first-order valence-electron chi connectivity index (χ1n) is 7.63. The van der Waals surface area contributed by atoms with E-state index < -0.39 is 0 Å². The second-order valence-corrected chi connectivity index (χ2v) is 5.88. The number of fused-ring (bicyclic) bond motifs is 1. The zero-order chi connectivity index (χ0) is 16.8. The summed E-state index contributed by atoms with van der Waals surface area (Å²) in [6.45, 7) is 2.21. The molecule has 0 radical (unpaired) electrons. The molecule has 1 aliphatic rings. The van der Waals surface area contributed by atoms with Gasteiger partial charge in [0.1, 0.15) is 12.4 Å². The summed E-state index contributed by atoms with van der Waals surface area (Å²) in [5.74, 6) is -0.623. The standard InChI is InChI=1S/C19H15FN2O2/c1-11-17(12-3-5-13(20)6-4-12)15(9-22(11)2)14-7-8-21-16-10-24-19(23)18(14)16/h3-9H,10H2,1-2H3. The van der Waals surface area contributed by atoms with Crippen LogP contribution in [0.1, 0.15) is 21.7 Å². The van der Waals surface area contributed by atoms with Gasteiger partial charge < -0.3 is 9.30 Å². The lowest BCUT2D eigenvalue weighted by Crippen LogP contribution is -1.98. The van der Waals surface area contributed by atoms with E-state index in [9.17, 15) is 9.18 Å². The number of hydrogen-bond acceptors (Lipinski definition) is 3. The lowest BCUT2D eigenvalue weighted by molar-refractivity contribution is 0.0534. The van der Waals surface area contributed by atoms with Crippen LogP contribution >= 0.6 is 0 Å². The number of aryl methyl sites for hydroxylation is 1. The molecule has 0 N–H and O–H groups in total. The number of benzene rings is 1. The van der Waals surface area contributed by atoms with Crippen molar-refractivity contribution in [3.8, 4) is 22.3 Å². The SMILES string of the molecule is Cc1c(-c2ccc(F)cc2)c(-c2ccnc3c2C(=O)OC3)cn1C. The third kappa shape index (κ3) is 2.12. The van der Waals surface area contributed by atoms with E-state index in [0.717, 1.165) is 27.9 Å². The van der Waals surface area contributed by atoms with E-state index in [2.05, 4.69) is 4.98 Å². The summed E-state index contributed by atoms with van der Waals surface area (Å²) in [6.07, 6.45) is 3.67. The molecule has 1 aliphatic heterocycles. The van der Waals surface area contributed by atoms with E-state index in [4.69, 9.17) is 4.74 Å². The Labute approximate surface area is 138 Å². The Hall–Kier alpha value is -2.95. The molecule has 1 aromatic carbocycles. The largest absolute Gasteiger partial charge is 0.455 e. The smallest absolute Gasteiger partial charge is 0.341 e. The van der Waals surface area contributed by atoms with Crippen LogP contribution in [0, 0.1) is 12.7 Å². The van der Waals surface area contributed by atoms with Crippen LogP contribution in [-0.2, 0) is 18.4 Å². The van der Waals surface area contributed by atoms with Gasteiger partial charge in [-0.15, -0.1) is 0 Å². The van der Waals surface area contributed by atoms with Gasteiger partial charge in [-0.3, -0.25) is 4.98 Å². The molecule has 0 bridgehead atoms. The molecule has 120 valence electrons. The highest BCUT2D eigenvalue weighted by atomic mass is 19.1. The summed E-state index contributed by atoms with van der Waals surface area (Å²) in [6, 6.07) is 8.21. The van der Waals surface area contributed by atoms with Crippen LogP contribution in [-0.4, -0.2) is 15.5 Å². The topological polar surface area (TPSA) is 44.1 Å². The predicted octanol–water partition coefficient (Wildman–Crippen LogP) is 3.87. The van der Waals surface area contributed by atoms with E-state index in [1.54, 1.807) is 18.3 Å². The lowest BCUT2D eigenvalue weighted by atomic mass is 9.94. The van der Waals surface area contributed by atoms with Gasteiger partial charge in [-0.1, -0.05) is 12.1 Å². The molecule has 0 aliphatic carbocycles. The fraction of sp³-hybridized carbons (Fsp3) is 0.158. The fourth-order valence-corrected chi connectivity index (χ4v) is 3.18.